The highest BCUT2D eigenvalue weighted by Gasteiger charge is 2.01. The molecule has 0 aromatic rings. The summed E-state index contributed by atoms with van der Waals surface area (Å²) in [6.07, 6.45) is 2.55. The molecule has 1 unspecified atom stereocenters. The van der Waals surface area contributed by atoms with Gasteiger partial charge in [-0.25, -0.2) is 4.79 Å². The van der Waals surface area contributed by atoms with Crippen LogP contribution in [-0.2, 0) is 4.79 Å². The Morgan fingerprint density at radius 2 is 2.21 bits per heavy atom. The number of rotatable bonds is 7. The van der Waals surface area contributed by atoms with E-state index >= 15 is 0 Å². The summed E-state index contributed by atoms with van der Waals surface area (Å²) in [7, 11) is 0. The minimum Gasteiger partial charge on any atom is -0.478 e. The van der Waals surface area contributed by atoms with Crippen LogP contribution in [0.3, 0.4) is 0 Å². The van der Waals surface area contributed by atoms with Crippen molar-refractivity contribution in [2.45, 2.75) is 32.8 Å². The molecule has 0 bridgehead atoms. The summed E-state index contributed by atoms with van der Waals surface area (Å²) in [5.41, 5.74) is 0.751. The Bertz CT molecular complexity index is 202. The molecular weight excluding hydrogens is 182 g/mol. The second-order valence-electron chi connectivity index (χ2n) is 3.40. The summed E-state index contributed by atoms with van der Waals surface area (Å²) >= 11 is 0. The van der Waals surface area contributed by atoms with E-state index in [1.807, 2.05) is 6.92 Å². The fourth-order valence-corrected chi connectivity index (χ4v) is 1.13. The highest BCUT2D eigenvalue weighted by atomic mass is 16.4. The normalized spacial score (nSPS) is 14.1. The molecule has 3 N–H and O–H groups in total. The second-order valence-corrected chi connectivity index (χ2v) is 3.40. The first kappa shape index (κ1) is 13.1. The van der Waals surface area contributed by atoms with Gasteiger partial charge in [0.15, 0.2) is 0 Å². The summed E-state index contributed by atoms with van der Waals surface area (Å²) in [4.78, 5) is 10.3. The first-order chi connectivity index (χ1) is 6.56. The predicted molar refractivity (Wildman–Crippen MR) is 55.2 cm³/mol. The lowest BCUT2D eigenvalue weighted by atomic mass is 10.2. The van der Waals surface area contributed by atoms with Gasteiger partial charge < -0.3 is 15.5 Å². The molecule has 0 fully saturated rings. The van der Waals surface area contributed by atoms with Crippen molar-refractivity contribution in [1.82, 2.24) is 5.32 Å². The monoisotopic (exact) mass is 201 g/mol. The van der Waals surface area contributed by atoms with Gasteiger partial charge in [0.2, 0.25) is 0 Å². The molecule has 0 radical (unpaired) electrons. The van der Waals surface area contributed by atoms with E-state index in [1.165, 1.54) is 6.08 Å². The van der Waals surface area contributed by atoms with Gasteiger partial charge >= 0.3 is 5.97 Å². The zero-order valence-corrected chi connectivity index (χ0v) is 8.79. The summed E-state index contributed by atoms with van der Waals surface area (Å²) in [5.74, 6) is -0.932. The molecule has 0 saturated heterocycles. The molecule has 0 aromatic carbocycles. The largest absolute Gasteiger partial charge is 0.478 e. The van der Waals surface area contributed by atoms with Gasteiger partial charge in [-0.2, -0.15) is 0 Å². The van der Waals surface area contributed by atoms with Gasteiger partial charge in [0.05, 0.1) is 6.10 Å². The van der Waals surface area contributed by atoms with Crippen molar-refractivity contribution in [3.63, 3.8) is 0 Å². The van der Waals surface area contributed by atoms with E-state index in [2.05, 4.69) is 5.32 Å². The molecule has 14 heavy (non-hydrogen) atoms. The van der Waals surface area contributed by atoms with Crippen molar-refractivity contribution in [1.29, 1.82) is 0 Å². The molecule has 4 nitrogen and oxygen atoms in total. The fourth-order valence-electron chi connectivity index (χ4n) is 1.13. The molecule has 0 aliphatic rings. The number of aliphatic hydroxyl groups is 1. The third-order valence-corrected chi connectivity index (χ3v) is 1.78. The molecule has 0 saturated carbocycles. The standard InChI is InChI=1S/C10H19NO3/c1-3-4-9(12)7-11-6-8(2)5-10(13)14/h5,9,11-12H,3-4,6-7H2,1-2H3,(H,13,14). The maximum atomic E-state index is 10.3. The maximum Gasteiger partial charge on any atom is 0.328 e. The minimum atomic E-state index is -0.932. The Labute approximate surface area is 84.6 Å². The quantitative estimate of drug-likeness (QED) is 0.532. The number of hydrogen-bond acceptors (Lipinski definition) is 3. The van der Waals surface area contributed by atoms with Crippen LogP contribution in [0.25, 0.3) is 0 Å². The number of hydrogen-bond donors (Lipinski definition) is 3. The van der Waals surface area contributed by atoms with Crippen LogP contribution in [0.15, 0.2) is 11.6 Å². The van der Waals surface area contributed by atoms with Gasteiger partial charge in [0.1, 0.15) is 0 Å². The van der Waals surface area contributed by atoms with Crippen molar-refractivity contribution in [3.8, 4) is 0 Å². The minimum absolute atomic E-state index is 0.336. The average molecular weight is 201 g/mol. The summed E-state index contributed by atoms with van der Waals surface area (Å²) in [6, 6.07) is 0. The van der Waals surface area contributed by atoms with Crippen LogP contribution in [0.1, 0.15) is 26.7 Å². The topological polar surface area (TPSA) is 69.6 Å². The first-order valence-electron chi connectivity index (χ1n) is 4.85. The SMILES string of the molecule is CCCC(O)CNCC(C)=CC(=O)O. The fraction of sp³-hybridized carbons (Fsp3) is 0.700. The van der Waals surface area contributed by atoms with Crippen LogP contribution in [0, 0.1) is 0 Å². The van der Waals surface area contributed by atoms with Crippen molar-refractivity contribution in [2.75, 3.05) is 13.1 Å². The van der Waals surface area contributed by atoms with E-state index in [0.29, 0.717) is 13.1 Å². The molecule has 0 aromatic heterocycles. The van der Waals surface area contributed by atoms with Crippen LogP contribution in [0.4, 0.5) is 0 Å². The Balaban J connectivity index is 3.58. The zero-order valence-electron chi connectivity index (χ0n) is 8.79. The van der Waals surface area contributed by atoms with Crippen LogP contribution in [0.2, 0.25) is 0 Å². The lowest BCUT2D eigenvalue weighted by Gasteiger charge is -2.10. The zero-order chi connectivity index (χ0) is 11.0. The predicted octanol–water partition coefficient (Wildman–Crippen LogP) is 0.768. The molecule has 1 atom stereocenters. The van der Waals surface area contributed by atoms with E-state index in [0.717, 1.165) is 18.4 Å². The number of aliphatic hydroxyl groups excluding tert-OH is 1. The molecule has 4 heteroatoms. The third kappa shape index (κ3) is 7.76. The Hall–Kier alpha value is -0.870. The van der Waals surface area contributed by atoms with Gasteiger partial charge in [-0.3, -0.25) is 0 Å². The molecule has 0 amide bonds. The number of carboxylic acids is 1. The van der Waals surface area contributed by atoms with Crippen LogP contribution in [0.5, 0.6) is 0 Å². The van der Waals surface area contributed by atoms with Crippen LogP contribution < -0.4 is 5.32 Å². The number of nitrogens with one attached hydrogen (secondary N) is 1. The van der Waals surface area contributed by atoms with E-state index in [4.69, 9.17) is 5.11 Å². The van der Waals surface area contributed by atoms with Crippen molar-refractivity contribution >= 4 is 5.97 Å². The smallest absolute Gasteiger partial charge is 0.328 e. The van der Waals surface area contributed by atoms with Gasteiger partial charge in [-0.15, -0.1) is 0 Å². The van der Waals surface area contributed by atoms with Gasteiger partial charge in [0, 0.05) is 19.2 Å². The Kier molecular flexibility index (Phi) is 7.06. The summed E-state index contributed by atoms with van der Waals surface area (Å²) < 4.78 is 0. The molecular formula is C10H19NO3. The molecule has 0 heterocycles. The summed E-state index contributed by atoms with van der Waals surface area (Å²) in [6.45, 7) is 4.78. The van der Waals surface area contributed by atoms with Gasteiger partial charge in [-0.1, -0.05) is 18.9 Å². The molecule has 0 aliphatic heterocycles. The van der Waals surface area contributed by atoms with Gasteiger partial charge in [0.25, 0.3) is 0 Å². The van der Waals surface area contributed by atoms with Gasteiger partial charge in [-0.05, 0) is 13.3 Å². The number of aliphatic carboxylic acids is 1. The molecule has 0 spiro atoms. The van der Waals surface area contributed by atoms with Crippen LogP contribution >= 0.6 is 0 Å². The highest BCUT2D eigenvalue weighted by molar-refractivity contribution is 5.80. The lowest BCUT2D eigenvalue weighted by Crippen LogP contribution is -2.28. The van der Waals surface area contributed by atoms with Crippen molar-refractivity contribution in [3.05, 3.63) is 11.6 Å². The first-order valence-corrected chi connectivity index (χ1v) is 4.85. The molecule has 82 valence electrons. The van der Waals surface area contributed by atoms with Crippen molar-refractivity contribution < 1.29 is 15.0 Å². The maximum absolute atomic E-state index is 10.3. The number of carboxylic acid groups (broad SMARTS) is 1. The highest BCUT2D eigenvalue weighted by Crippen LogP contribution is 1.95. The average Bonchev–Trinajstić information content (AvgIpc) is 2.02. The lowest BCUT2D eigenvalue weighted by molar-refractivity contribution is -0.131. The molecule has 0 rings (SSSR count). The number of carbonyl (C=O) groups is 1. The Morgan fingerprint density at radius 3 is 2.71 bits per heavy atom. The van der Waals surface area contributed by atoms with E-state index in [9.17, 15) is 9.90 Å². The third-order valence-electron chi connectivity index (χ3n) is 1.78. The van der Waals surface area contributed by atoms with E-state index in [1.54, 1.807) is 6.92 Å². The Morgan fingerprint density at radius 1 is 1.57 bits per heavy atom. The van der Waals surface area contributed by atoms with E-state index in [-0.39, 0.29) is 6.10 Å². The van der Waals surface area contributed by atoms with Crippen molar-refractivity contribution in [2.24, 2.45) is 0 Å². The second kappa shape index (κ2) is 7.53. The molecule has 0 aliphatic carbocycles. The van der Waals surface area contributed by atoms with Crippen LogP contribution in [-0.4, -0.2) is 35.4 Å². The van der Waals surface area contributed by atoms with E-state index < -0.39 is 5.97 Å². The summed E-state index contributed by atoms with van der Waals surface area (Å²) in [5, 5.41) is 20.8.